The Bertz CT molecular complexity index is 462. The molecule has 1 N–H and O–H groups in total. The fourth-order valence-electron chi connectivity index (χ4n) is 1.55. The van der Waals surface area contributed by atoms with Crippen LogP contribution in [-0.2, 0) is 16.0 Å². The lowest BCUT2D eigenvalue weighted by Crippen LogP contribution is -2.28. The van der Waals surface area contributed by atoms with Crippen molar-refractivity contribution < 1.29 is 14.7 Å². The molecule has 0 saturated heterocycles. The molecule has 0 aliphatic heterocycles. The Morgan fingerprint density at radius 3 is 2.58 bits per heavy atom. The minimum atomic E-state index is -0.903. The van der Waals surface area contributed by atoms with E-state index in [9.17, 15) is 9.59 Å². The summed E-state index contributed by atoms with van der Waals surface area (Å²) >= 11 is 13.1. The highest BCUT2D eigenvalue weighted by atomic mass is 35.5. The summed E-state index contributed by atoms with van der Waals surface area (Å²) in [5.41, 5.74) is 0.956. The molecule has 1 aromatic heterocycles. The zero-order valence-electron chi connectivity index (χ0n) is 10.5. The van der Waals surface area contributed by atoms with Crippen LogP contribution in [0, 0.1) is 0 Å². The van der Waals surface area contributed by atoms with E-state index in [-0.39, 0.29) is 18.9 Å². The van der Waals surface area contributed by atoms with Gasteiger partial charge in [0.05, 0.1) is 15.1 Å². The van der Waals surface area contributed by atoms with E-state index in [0.717, 1.165) is 5.56 Å². The summed E-state index contributed by atoms with van der Waals surface area (Å²) in [6, 6.07) is 1.81. The maximum Gasteiger partial charge on any atom is 0.305 e. The van der Waals surface area contributed by atoms with Crippen molar-refractivity contribution in [1.82, 2.24) is 4.90 Å². The zero-order chi connectivity index (χ0) is 14.4. The molecule has 0 saturated carbocycles. The molecule has 0 spiro atoms. The SMILES string of the molecule is CN(CCC(=O)O)C(=O)CCCc1cc(Cl)sc1Cl. The highest BCUT2D eigenvalue weighted by molar-refractivity contribution is 7.20. The van der Waals surface area contributed by atoms with Crippen LogP contribution in [0.2, 0.25) is 8.67 Å². The van der Waals surface area contributed by atoms with Gasteiger partial charge in [0.25, 0.3) is 0 Å². The van der Waals surface area contributed by atoms with E-state index in [1.807, 2.05) is 6.07 Å². The topological polar surface area (TPSA) is 57.6 Å². The van der Waals surface area contributed by atoms with Gasteiger partial charge in [-0.05, 0) is 24.5 Å². The van der Waals surface area contributed by atoms with Gasteiger partial charge in [-0.2, -0.15) is 0 Å². The highest BCUT2D eigenvalue weighted by Crippen LogP contribution is 2.32. The Kier molecular flexibility index (Phi) is 6.62. The normalized spacial score (nSPS) is 10.5. The van der Waals surface area contributed by atoms with E-state index in [4.69, 9.17) is 28.3 Å². The van der Waals surface area contributed by atoms with Crippen molar-refractivity contribution >= 4 is 46.4 Å². The first-order valence-corrected chi connectivity index (χ1v) is 7.37. The highest BCUT2D eigenvalue weighted by Gasteiger charge is 2.11. The lowest BCUT2D eigenvalue weighted by molar-refractivity contribution is -0.138. The number of halogens is 2. The molecular formula is C12H15Cl2NO3S. The first-order chi connectivity index (χ1) is 8.90. The second-order valence-corrected chi connectivity index (χ2v) is 6.45. The standard InChI is InChI=1S/C12H15Cl2NO3S/c1-15(6-5-11(17)18)10(16)4-2-3-8-7-9(13)19-12(8)14/h7H,2-6H2,1H3,(H,17,18). The minimum Gasteiger partial charge on any atom is -0.481 e. The van der Waals surface area contributed by atoms with E-state index >= 15 is 0 Å². The number of aliphatic carboxylic acids is 1. The van der Waals surface area contributed by atoms with E-state index in [1.54, 1.807) is 7.05 Å². The lowest BCUT2D eigenvalue weighted by atomic mass is 10.1. The molecule has 0 bridgehead atoms. The summed E-state index contributed by atoms with van der Waals surface area (Å²) < 4.78 is 1.31. The predicted octanol–water partition coefficient (Wildman–Crippen LogP) is 3.31. The van der Waals surface area contributed by atoms with Crippen molar-refractivity contribution in [3.05, 3.63) is 20.3 Å². The van der Waals surface area contributed by atoms with Crippen LogP contribution in [0.15, 0.2) is 6.07 Å². The van der Waals surface area contributed by atoms with Gasteiger partial charge in [-0.25, -0.2) is 0 Å². The zero-order valence-corrected chi connectivity index (χ0v) is 12.8. The number of carbonyl (C=O) groups is 2. The summed E-state index contributed by atoms with van der Waals surface area (Å²) in [4.78, 5) is 23.6. The summed E-state index contributed by atoms with van der Waals surface area (Å²) in [5.74, 6) is -0.960. The number of thiophene rings is 1. The average molecular weight is 324 g/mol. The van der Waals surface area contributed by atoms with Crippen LogP contribution in [0.4, 0.5) is 0 Å². The number of hydrogen-bond acceptors (Lipinski definition) is 3. The second kappa shape index (κ2) is 7.72. The Hall–Kier alpha value is -0.780. The monoisotopic (exact) mass is 323 g/mol. The number of carboxylic acids is 1. The van der Waals surface area contributed by atoms with Gasteiger partial charge < -0.3 is 10.0 Å². The Labute approximate surface area is 125 Å². The second-order valence-electron chi connectivity index (χ2n) is 4.16. The molecule has 7 heteroatoms. The number of aryl methyl sites for hydroxylation is 1. The fourth-order valence-corrected chi connectivity index (χ4v) is 3.10. The van der Waals surface area contributed by atoms with Crippen molar-refractivity contribution in [2.45, 2.75) is 25.7 Å². The number of rotatable bonds is 7. The molecule has 0 unspecified atom stereocenters. The van der Waals surface area contributed by atoms with Gasteiger partial charge in [-0.3, -0.25) is 9.59 Å². The minimum absolute atomic E-state index is 0.0335. The van der Waals surface area contributed by atoms with Crippen LogP contribution in [0.1, 0.15) is 24.8 Å². The van der Waals surface area contributed by atoms with Crippen molar-refractivity contribution in [2.24, 2.45) is 0 Å². The number of amides is 1. The molecule has 1 aromatic rings. The fraction of sp³-hybridized carbons (Fsp3) is 0.500. The molecule has 19 heavy (non-hydrogen) atoms. The molecule has 4 nitrogen and oxygen atoms in total. The molecule has 0 aromatic carbocycles. The van der Waals surface area contributed by atoms with Crippen molar-refractivity contribution in [3.8, 4) is 0 Å². The van der Waals surface area contributed by atoms with E-state index in [2.05, 4.69) is 0 Å². The van der Waals surface area contributed by atoms with Gasteiger partial charge in [0.1, 0.15) is 0 Å². The first-order valence-electron chi connectivity index (χ1n) is 5.79. The molecule has 1 heterocycles. The maximum atomic E-state index is 11.7. The van der Waals surface area contributed by atoms with Crippen LogP contribution in [0.3, 0.4) is 0 Å². The van der Waals surface area contributed by atoms with Gasteiger partial charge >= 0.3 is 5.97 Å². The Morgan fingerprint density at radius 1 is 1.37 bits per heavy atom. The van der Waals surface area contributed by atoms with Crippen LogP contribution in [-0.4, -0.2) is 35.5 Å². The largest absolute Gasteiger partial charge is 0.481 e. The van der Waals surface area contributed by atoms with Gasteiger partial charge in [0.2, 0.25) is 5.91 Å². The van der Waals surface area contributed by atoms with Crippen LogP contribution in [0.25, 0.3) is 0 Å². The van der Waals surface area contributed by atoms with Gasteiger partial charge in [-0.1, -0.05) is 23.2 Å². The van der Waals surface area contributed by atoms with Crippen molar-refractivity contribution in [3.63, 3.8) is 0 Å². The summed E-state index contributed by atoms with van der Waals surface area (Å²) in [7, 11) is 1.61. The first kappa shape index (κ1) is 16.3. The Balaban J connectivity index is 2.30. The number of hydrogen-bond donors (Lipinski definition) is 1. The molecule has 0 aliphatic carbocycles. The quantitative estimate of drug-likeness (QED) is 0.837. The van der Waals surface area contributed by atoms with Gasteiger partial charge in [-0.15, -0.1) is 11.3 Å². The van der Waals surface area contributed by atoms with Crippen molar-refractivity contribution in [2.75, 3.05) is 13.6 Å². The smallest absolute Gasteiger partial charge is 0.305 e. The summed E-state index contributed by atoms with van der Waals surface area (Å²) in [6.07, 6.45) is 1.71. The van der Waals surface area contributed by atoms with Crippen LogP contribution in [0.5, 0.6) is 0 Å². The van der Waals surface area contributed by atoms with Gasteiger partial charge in [0, 0.05) is 20.0 Å². The van der Waals surface area contributed by atoms with E-state index in [1.165, 1.54) is 16.2 Å². The Morgan fingerprint density at radius 2 is 2.05 bits per heavy atom. The molecule has 1 rings (SSSR count). The number of carboxylic acid groups (broad SMARTS) is 1. The van der Waals surface area contributed by atoms with E-state index < -0.39 is 5.97 Å². The average Bonchev–Trinajstić information content (AvgIpc) is 2.64. The molecule has 106 valence electrons. The third-order valence-electron chi connectivity index (χ3n) is 2.65. The maximum absolute atomic E-state index is 11.7. The summed E-state index contributed by atoms with van der Waals surface area (Å²) in [6.45, 7) is 0.235. The molecule has 0 radical (unpaired) electrons. The predicted molar refractivity (Wildman–Crippen MR) is 77.2 cm³/mol. The number of carbonyl (C=O) groups excluding carboxylic acids is 1. The third kappa shape index (κ3) is 5.80. The lowest BCUT2D eigenvalue weighted by Gasteiger charge is -2.15. The molecule has 0 aliphatic rings. The molecular weight excluding hydrogens is 309 g/mol. The van der Waals surface area contributed by atoms with Crippen molar-refractivity contribution in [1.29, 1.82) is 0 Å². The van der Waals surface area contributed by atoms with E-state index in [0.29, 0.717) is 27.9 Å². The summed E-state index contributed by atoms with van der Waals surface area (Å²) in [5, 5.41) is 8.54. The third-order valence-corrected chi connectivity index (χ3v) is 4.22. The molecule has 0 atom stereocenters. The van der Waals surface area contributed by atoms with Crippen LogP contribution >= 0.6 is 34.5 Å². The molecule has 1 amide bonds. The van der Waals surface area contributed by atoms with Crippen LogP contribution < -0.4 is 0 Å². The molecule has 0 fully saturated rings. The van der Waals surface area contributed by atoms with Gasteiger partial charge in [0.15, 0.2) is 0 Å². The number of nitrogens with zero attached hydrogens (tertiary/aromatic N) is 1.